The van der Waals surface area contributed by atoms with Gasteiger partial charge in [-0.25, -0.2) is 0 Å². The lowest BCUT2D eigenvalue weighted by Crippen LogP contribution is -2.44. The number of carbonyl (C=O) groups excluding carboxylic acids is 1. The molecule has 1 saturated carbocycles. The maximum absolute atomic E-state index is 10.9. The summed E-state index contributed by atoms with van der Waals surface area (Å²) in [7, 11) is 0. The van der Waals surface area contributed by atoms with E-state index in [1.165, 1.54) is 46.2 Å². The Morgan fingerprint density at radius 2 is 1.88 bits per heavy atom. The van der Waals surface area contributed by atoms with Gasteiger partial charge in [0.1, 0.15) is 12.0 Å². The predicted octanol–water partition coefficient (Wildman–Crippen LogP) is 6.23. The Balaban J connectivity index is 1.17. The molecule has 0 bridgehead atoms. The van der Waals surface area contributed by atoms with Gasteiger partial charge in [-0.05, 0) is 84.5 Å². The van der Waals surface area contributed by atoms with Gasteiger partial charge in [0.25, 0.3) is 0 Å². The summed E-state index contributed by atoms with van der Waals surface area (Å²) in [6, 6.07) is 24.8. The predicted molar refractivity (Wildman–Crippen MR) is 134 cm³/mol. The Morgan fingerprint density at radius 1 is 1.03 bits per heavy atom. The van der Waals surface area contributed by atoms with Gasteiger partial charge in [-0.15, -0.1) is 0 Å². The van der Waals surface area contributed by atoms with Crippen molar-refractivity contribution in [3.63, 3.8) is 0 Å². The Morgan fingerprint density at radius 3 is 2.67 bits per heavy atom. The van der Waals surface area contributed by atoms with E-state index in [9.17, 15) is 4.79 Å². The van der Waals surface area contributed by atoms with Gasteiger partial charge in [-0.1, -0.05) is 54.6 Å². The molecule has 2 aliphatic carbocycles. The van der Waals surface area contributed by atoms with Crippen LogP contribution in [0.1, 0.15) is 54.0 Å². The summed E-state index contributed by atoms with van der Waals surface area (Å²) in [6.45, 7) is 2.86. The molecule has 0 aliphatic heterocycles. The summed E-state index contributed by atoms with van der Waals surface area (Å²) >= 11 is 0. The molecule has 3 heteroatoms. The zero-order valence-electron chi connectivity index (χ0n) is 19.4. The molecule has 0 saturated heterocycles. The van der Waals surface area contributed by atoms with E-state index in [2.05, 4.69) is 79.0 Å². The highest BCUT2D eigenvalue weighted by Crippen LogP contribution is 2.35. The molecule has 33 heavy (non-hydrogen) atoms. The lowest BCUT2D eigenvalue weighted by atomic mass is 9.79. The highest BCUT2D eigenvalue weighted by molar-refractivity contribution is 5.67. The molecule has 5 rings (SSSR count). The second kappa shape index (κ2) is 9.93. The van der Waals surface area contributed by atoms with Crippen molar-refractivity contribution in [1.82, 2.24) is 5.32 Å². The zero-order valence-corrected chi connectivity index (χ0v) is 19.4. The van der Waals surface area contributed by atoms with Crippen molar-refractivity contribution in [3.05, 3.63) is 89.0 Å². The first-order valence-corrected chi connectivity index (χ1v) is 12.3. The SMILES string of the molecule is Cc1cc(CCOc2ccc3c(c2)CCC[C@@H]3N[C@H]2C[C@H](C=O)C2)ccc1-c1ccccc1. The van der Waals surface area contributed by atoms with E-state index in [1.54, 1.807) is 0 Å². The second-order valence-electron chi connectivity index (χ2n) is 9.65. The monoisotopic (exact) mass is 439 g/mol. The van der Waals surface area contributed by atoms with Gasteiger partial charge in [0.2, 0.25) is 0 Å². The smallest absolute Gasteiger partial charge is 0.123 e. The number of aryl methyl sites for hydroxylation is 2. The quantitative estimate of drug-likeness (QED) is 0.423. The van der Waals surface area contributed by atoms with Crippen molar-refractivity contribution in [2.24, 2.45) is 5.92 Å². The molecule has 0 spiro atoms. The number of carbonyl (C=O) groups is 1. The third-order valence-corrected chi connectivity index (χ3v) is 7.27. The van der Waals surface area contributed by atoms with Gasteiger partial charge in [-0.3, -0.25) is 0 Å². The normalized spacial score (nSPS) is 21.7. The highest BCUT2D eigenvalue weighted by atomic mass is 16.5. The van der Waals surface area contributed by atoms with Crippen molar-refractivity contribution in [3.8, 4) is 16.9 Å². The molecule has 0 heterocycles. The molecule has 170 valence electrons. The minimum atomic E-state index is 0.264. The van der Waals surface area contributed by atoms with Crippen LogP contribution in [0.15, 0.2) is 66.7 Å². The first-order valence-electron chi connectivity index (χ1n) is 12.3. The number of rotatable bonds is 8. The summed E-state index contributed by atoms with van der Waals surface area (Å²) in [5.74, 6) is 1.23. The molecular weight excluding hydrogens is 406 g/mol. The average molecular weight is 440 g/mol. The average Bonchev–Trinajstić information content (AvgIpc) is 2.81. The maximum Gasteiger partial charge on any atom is 0.123 e. The number of benzene rings is 3. The van der Waals surface area contributed by atoms with Crippen LogP contribution < -0.4 is 10.1 Å². The number of nitrogens with one attached hydrogen (secondary N) is 1. The fourth-order valence-electron chi connectivity index (χ4n) is 5.36. The first-order chi connectivity index (χ1) is 16.2. The van der Waals surface area contributed by atoms with Gasteiger partial charge in [0.15, 0.2) is 0 Å². The van der Waals surface area contributed by atoms with E-state index in [0.29, 0.717) is 18.7 Å². The summed E-state index contributed by atoms with van der Waals surface area (Å²) in [4.78, 5) is 10.9. The summed E-state index contributed by atoms with van der Waals surface area (Å²) in [5, 5.41) is 3.78. The van der Waals surface area contributed by atoms with Gasteiger partial charge in [0, 0.05) is 24.4 Å². The highest BCUT2D eigenvalue weighted by Gasteiger charge is 2.31. The number of aldehydes is 1. The first kappa shape index (κ1) is 21.9. The molecule has 0 radical (unpaired) electrons. The van der Waals surface area contributed by atoms with E-state index >= 15 is 0 Å². The number of fused-ring (bicyclic) bond motifs is 1. The molecular formula is C30H33NO2. The molecule has 0 unspecified atom stereocenters. The number of hydrogen-bond acceptors (Lipinski definition) is 3. The second-order valence-corrected chi connectivity index (χ2v) is 9.65. The molecule has 0 amide bonds. The fourth-order valence-corrected chi connectivity index (χ4v) is 5.36. The molecule has 0 aromatic heterocycles. The van der Waals surface area contributed by atoms with Crippen molar-refractivity contribution in [2.45, 2.75) is 57.5 Å². The minimum absolute atomic E-state index is 0.264. The molecule has 2 aliphatic rings. The number of hydrogen-bond donors (Lipinski definition) is 1. The zero-order chi connectivity index (χ0) is 22.6. The van der Waals surface area contributed by atoms with Crippen LogP contribution >= 0.6 is 0 Å². The van der Waals surface area contributed by atoms with E-state index in [4.69, 9.17) is 4.74 Å². The molecule has 1 atom stereocenters. The van der Waals surface area contributed by atoms with Crippen LogP contribution in [-0.2, 0) is 17.6 Å². The van der Waals surface area contributed by atoms with E-state index in [0.717, 1.165) is 37.7 Å². The van der Waals surface area contributed by atoms with Crippen LogP contribution in [0.5, 0.6) is 5.75 Å². The maximum atomic E-state index is 10.9. The third kappa shape index (κ3) is 5.04. The standard InChI is InChI=1S/C30H33NO2/c1-21-16-22(10-12-28(21)24-6-3-2-4-7-24)14-15-33-27-11-13-29-25(19-27)8-5-9-30(29)31-26-17-23(18-26)20-32/h2-4,6-7,10-13,16,19-20,23,26,30-31H,5,8-9,14-15,17-18H2,1H3/t23-,26-,30-/m0/s1. The Hall–Kier alpha value is -2.91. The van der Waals surface area contributed by atoms with E-state index in [-0.39, 0.29) is 5.92 Å². The van der Waals surface area contributed by atoms with Gasteiger partial charge in [0.05, 0.1) is 6.61 Å². The Labute approximate surface area is 197 Å². The summed E-state index contributed by atoms with van der Waals surface area (Å²) in [6.07, 6.45) is 7.47. The van der Waals surface area contributed by atoms with Crippen LogP contribution in [0.25, 0.3) is 11.1 Å². The molecule has 1 N–H and O–H groups in total. The van der Waals surface area contributed by atoms with Crippen molar-refractivity contribution in [1.29, 1.82) is 0 Å². The van der Waals surface area contributed by atoms with Crippen LogP contribution in [-0.4, -0.2) is 18.9 Å². The third-order valence-electron chi connectivity index (χ3n) is 7.27. The van der Waals surface area contributed by atoms with E-state index in [1.807, 2.05) is 0 Å². The summed E-state index contributed by atoms with van der Waals surface area (Å²) in [5.41, 5.74) is 7.99. The van der Waals surface area contributed by atoms with E-state index < -0.39 is 0 Å². The van der Waals surface area contributed by atoms with Crippen LogP contribution in [0, 0.1) is 12.8 Å². The fraction of sp³-hybridized carbons (Fsp3) is 0.367. The molecule has 3 nitrogen and oxygen atoms in total. The van der Waals surface area contributed by atoms with Crippen LogP contribution in [0.4, 0.5) is 0 Å². The van der Waals surface area contributed by atoms with Gasteiger partial charge >= 0.3 is 0 Å². The molecule has 3 aromatic carbocycles. The summed E-state index contributed by atoms with van der Waals surface area (Å²) < 4.78 is 6.15. The van der Waals surface area contributed by atoms with Crippen LogP contribution in [0.3, 0.4) is 0 Å². The molecule has 1 fully saturated rings. The van der Waals surface area contributed by atoms with Crippen molar-refractivity contribution < 1.29 is 9.53 Å². The lowest BCUT2D eigenvalue weighted by Gasteiger charge is -2.37. The minimum Gasteiger partial charge on any atom is -0.493 e. The van der Waals surface area contributed by atoms with Crippen molar-refractivity contribution in [2.75, 3.05) is 6.61 Å². The Bertz CT molecular complexity index is 1100. The Kier molecular flexibility index (Phi) is 6.59. The van der Waals surface area contributed by atoms with Gasteiger partial charge < -0.3 is 14.8 Å². The van der Waals surface area contributed by atoms with Crippen LogP contribution in [0.2, 0.25) is 0 Å². The van der Waals surface area contributed by atoms with Crippen molar-refractivity contribution >= 4 is 6.29 Å². The topological polar surface area (TPSA) is 38.3 Å². The number of ether oxygens (including phenoxy) is 1. The lowest BCUT2D eigenvalue weighted by molar-refractivity contribution is -0.113. The largest absolute Gasteiger partial charge is 0.493 e. The van der Waals surface area contributed by atoms with Gasteiger partial charge in [-0.2, -0.15) is 0 Å². The molecule has 3 aromatic rings.